The average Bonchev–Trinajstić information content (AvgIpc) is 2.47. The number of nitrogens with zero attached hydrogens (tertiary/aromatic N) is 2. The number of hydrogen-bond acceptors (Lipinski definition) is 3. The van der Waals surface area contributed by atoms with Crippen molar-refractivity contribution >= 4 is 28.8 Å². The lowest BCUT2D eigenvalue weighted by molar-refractivity contribution is 0.481. The standard InChI is InChI=1S/C15H22N4S/c1-3-9-16-15(20)18-13-7-8-14(17-11-13)19-10-5-4-6-12(19)2/h3,7-8,11-12H,1,4-6,9-10H2,2H3,(H2,16,18,20). The average molecular weight is 290 g/mol. The van der Waals surface area contributed by atoms with Crippen LogP contribution in [0.4, 0.5) is 11.5 Å². The summed E-state index contributed by atoms with van der Waals surface area (Å²) < 4.78 is 0. The van der Waals surface area contributed by atoms with Crippen LogP contribution in [-0.2, 0) is 0 Å². The first-order chi connectivity index (χ1) is 9.70. The van der Waals surface area contributed by atoms with Gasteiger partial charge in [0.2, 0.25) is 0 Å². The summed E-state index contributed by atoms with van der Waals surface area (Å²) in [6.45, 7) is 7.66. The van der Waals surface area contributed by atoms with Crippen molar-refractivity contribution in [3.05, 3.63) is 31.0 Å². The van der Waals surface area contributed by atoms with Crippen LogP contribution in [0.1, 0.15) is 26.2 Å². The summed E-state index contributed by atoms with van der Waals surface area (Å²) in [7, 11) is 0. The Kier molecular flexibility index (Phi) is 5.35. The van der Waals surface area contributed by atoms with E-state index in [9.17, 15) is 0 Å². The first-order valence-corrected chi connectivity index (χ1v) is 7.50. The lowest BCUT2D eigenvalue weighted by Crippen LogP contribution is -2.37. The Morgan fingerprint density at radius 3 is 3.05 bits per heavy atom. The normalized spacial score (nSPS) is 18.4. The van der Waals surface area contributed by atoms with Gasteiger partial charge in [-0.25, -0.2) is 4.98 Å². The Hall–Kier alpha value is -1.62. The number of piperidine rings is 1. The van der Waals surface area contributed by atoms with E-state index in [4.69, 9.17) is 12.2 Å². The van der Waals surface area contributed by atoms with Gasteiger partial charge in [0.15, 0.2) is 5.11 Å². The van der Waals surface area contributed by atoms with E-state index in [0.717, 1.165) is 18.1 Å². The summed E-state index contributed by atoms with van der Waals surface area (Å²) >= 11 is 5.17. The van der Waals surface area contributed by atoms with Gasteiger partial charge in [-0.15, -0.1) is 6.58 Å². The fraction of sp³-hybridized carbons (Fsp3) is 0.467. The van der Waals surface area contributed by atoms with Gasteiger partial charge in [0.05, 0.1) is 11.9 Å². The molecule has 2 heterocycles. The zero-order valence-electron chi connectivity index (χ0n) is 11.9. The minimum atomic E-state index is 0.574. The highest BCUT2D eigenvalue weighted by Gasteiger charge is 2.19. The molecule has 1 aromatic heterocycles. The van der Waals surface area contributed by atoms with E-state index in [1.165, 1.54) is 19.3 Å². The van der Waals surface area contributed by atoms with E-state index in [1.54, 1.807) is 6.08 Å². The largest absolute Gasteiger partial charge is 0.359 e. The molecule has 0 amide bonds. The number of pyridine rings is 1. The number of nitrogens with one attached hydrogen (secondary N) is 2. The van der Waals surface area contributed by atoms with Gasteiger partial charge in [-0.05, 0) is 50.5 Å². The SMILES string of the molecule is C=CCNC(=S)Nc1ccc(N2CCCCC2C)nc1. The molecule has 1 aliphatic rings. The van der Waals surface area contributed by atoms with Crippen LogP contribution in [-0.4, -0.2) is 29.2 Å². The van der Waals surface area contributed by atoms with E-state index in [2.05, 4.69) is 40.1 Å². The van der Waals surface area contributed by atoms with Crippen molar-refractivity contribution in [3.8, 4) is 0 Å². The van der Waals surface area contributed by atoms with Gasteiger partial charge in [0, 0.05) is 19.1 Å². The van der Waals surface area contributed by atoms with E-state index >= 15 is 0 Å². The van der Waals surface area contributed by atoms with E-state index in [1.807, 2.05) is 12.3 Å². The Morgan fingerprint density at radius 1 is 1.55 bits per heavy atom. The Balaban J connectivity index is 1.95. The quantitative estimate of drug-likeness (QED) is 0.659. The molecule has 0 aliphatic carbocycles. The first kappa shape index (κ1) is 14.8. The molecule has 1 fully saturated rings. The number of hydrogen-bond donors (Lipinski definition) is 2. The summed E-state index contributed by atoms with van der Waals surface area (Å²) in [5.74, 6) is 1.05. The molecule has 1 unspecified atom stereocenters. The molecule has 0 aromatic carbocycles. The molecular formula is C15H22N4S. The molecule has 0 saturated carbocycles. The Morgan fingerprint density at radius 2 is 2.40 bits per heavy atom. The lowest BCUT2D eigenvalue weighted by Gasteiger charge is -2.34. The van der Waals surface area contributed by atoms with Crippen molar-refractivity contribution in [1.82, 2.24) is 10.3 Å². The van der Waals surface area contributed by atoms with Gasteiger partial charge < -0.3 is 15.5 Å². The predicted octanol–water partition coefficient (Wildman–Crippen LogP) is 2.93. The van der Waals surface area contributed by atoms with Gasteiger partial charge in [0.1, 0.15) is 5.82 Å². The zero-order valence-corrected chi connectivity index (χ0v) is 12.7. The van der Waals surface area contributed by atoms with Crippen molar-refractivity contribution in [2.24, 2.45) is 0 Å². The van der Waals surface area contributed by atoms with E-state index in [-0.39, 0.29) is 0 Å². The summed E-state index contributed by atoms with van der Waals surface area (Å²) in [5.41, 5.74) is 0.903. The summed E-state index contributed by atoms with van der Waals surface area (Å²) in [6, 6.07) is 4.65. The van der Waals surface area contributed by atoms with Crippen LogP contribution in [0.25, 0.3) is 0 Å². The van der Waals surface area contributed by atoms with Gasteiger partial charge in [-0.2, -0.15) is 0 Å². The number of anilines is 2. The number of aromatic nitrogens is 1. The van der Waals surface area contributed by atoms with Gasteiger partial charge in [-0.3, -0.25) is 0 Å². The molecule has 5 heteroatoms. The Labute approximate surface area is 126 Å². The van der Waals surface area contributed by atoms with Crippen molar-refractivity contribution in [1.29, 1.82) is 0 Å². The third kappa shape index (κ3) is 3.93. The van der Waals surface area contributed by atoms with Crippen LogP contribution < -0.4 is 15.5 Å². The molecule has 4 nitrogen and oxygen atoms in total. The third-order valence-corrected chi connectivity index (χ3v) is 3.76. The molecule has 0 radical (unpaired) electrons. The van der Waals surface area contributed by atoms with Crippen molar-refractivity contribution in [2.45, 2.75) is 32.2 Å². The molecule has 2 N–H and O–H groups in total. The Bertz CT molecular complexity index is 457. The van der Waals surface area contributed by atoms with Crippen LogP contribution in [0.15, 0.2) is 31.0 Å². The fourth-order valence-electron chi connectivity index (χ4n) is 2.41. The predicted molar refractivity (Wildman–Crippen MR) is 89.3 cm³/mol. The minimum Gasteiger partial charge on any atom is -0.359 e. The lowest BCUT2D eigenvalue weighted by atomic mass is 10.0. The maximum Gasteiger partial charge on any atom is 0.171 e. The van der Waals surface area contributed by atoms with Crippen LogP contribution in [0.3, 0.4) is 0 Å². The molecule has 20 heavy (non-hydrogen) atoms. The van der Waals surface area contributed by atoms with Crippen molar-refractivity contribution < 1.29 is 0 Å². The second-order valence-corrected chi connectivity index (χ2v) is 5.48. The zero-order chi connectivity index (χ0) is 14.4. The second kappa shape index (κ2) is 7.24. The first-order valence-electron chi connectivity index (χ1n) is 7.09. The maximum atomic E-state index is 5.17. The summed E-state index contributed by atoms with van der Waals surface area (Å²) in [6.07, 6.45) is 7.42. The summed E-state index contributed by atoms with van der Waals surface area (Å²) in [4.78, 5) is 6.92. The minimum absolute atomic E-state index is 0.574. The molecular weight excluding hydrogens is 268 g/mol. The topological polar surface area (TPSA) is 40.2 Å². The number of thiocarbonyl (C=S) groups is 1. The van der Waals surface area contributed by atoms with Crippen molar-refractivity contribution in [3.63, 3.8) is 0 Å². The van der Waals surface area contributed by atoms with Crippen LogP contribution >= 0.6 is 12.2 Å². The molecule has 0 spiro atoms. The summed E-state index contributed by atoms with van der Waals surface area (Å²) in [5, 5.41) is 6.73. The smallest absolute Gasteiger partial charge is 0.171 e. The van der Waals surface area contributed by atoms with Crippen molar-refractivity contribution in [2.75, 3.05) is 23.3 Å². The maximum absolute atomic E-state index is 5.17. The molecule has 2 rings (SSSR count). The highest BCUT2D eigenvalue weighted by Crippen LogP contribution is 2.23. The van der Waals surface area contributed by atoms with Crippen LogP contribution in [0, 0.1) is 0 Å². The second-order valence-electron chi connectivity index (χ2n) is 5.07. The molecule has 0 bridgehead atoms. The van der Waals surface area contributed by atoms with Crippen LogP contribution in [0.5, 0.6) is 0 Å². The van der Waals surface area contributed by atoms with Gasteiger partial charge in [0.25, 0.3) is 0 Å². The molecule has 1 aromatic rings. The molecule has 108 valence electrons. The van der Waals surface area contributed by atoms with E-state index < -0.39 is 0 Å². The third-order valence-electron chi connectivity index (χ3n) is 3.51. The molecule has 1 atom stereocenters. The number of rotatable bonds is 4. The molecule has 1 aliphatic heterocycles. The van der Waals surface area contributed by atoms with Crippen LogP contribution in [0.2, 0.25) is 0 Å². The highest BCUT2D eigenvalue weighted by molar-refractivity contribution is 7.80. The van der Waals surface area contributed by atoms with E-state index in [0.29, 0.717) is 17.7 Å². The fourth-order valence-corrected chi connectivity index (χ4v) is 2.61. The van der Waals surface area contributed by atoms with Gasteiger partial charge in [-0.1, -0.05) is 6.08 Å². The highest BCUT2D eigenvalue weighted by atomic mass is 32.1. The molecule has 1 saturated heterocycles. The monoisotopic (exact) mass is 290 g/mol. The van der Waals surface area contributed by atoms with Gasteiger partial charge >= 0.3 is 0 Å².